The fraction of sp³-hybridized carbons (Fsp3) is 0.538. The van der Waals surface area contributed by atoms with Crippen LogP contribution in [0.15, 0.2) is 17.9 Å². The molecule has 3 rings (SSSR count). The van der Waals surface area contributed by atoms with E-state index in [-0.39, 0.29) is 5.91 Å². The molecule has 0 aromatic carbocycles. The van der Waals surface area contributed by atoms with Crippen molar-refractivity contribution in [3.05, 3.63) is 23.5 Å². The SMILES string of the molecule is Cn1cc(C2CCN(CC(=O)Nc3nncs3)CC2)cn1. The van der Waals surface area contributed by atoms with Gasteiger partial charge in [-0.25, -0.2) is 0 Å². The first-order chi connectivity index (χ1) is 10.2. The molecule has 0 radical (unpaired) electrons. The summed E-state index contributed by atoms with van der Waals surface area (Å²) < 4.78 is 1.84. The summed E-state index contributed by atoms with van der Waals surface area (Å²) in [7, 11) is 1.94. The van der Waals surface area contributed by atoms with Crippen molar-refractivity contribution in [2.24, 2.45) is 7.05 Å². The quantitative estimate of drug-likeness (QED) is 0.915. The summed E-state index contributed by atoms with van der Waals surface area (Å²) in [5.41, 5.74) is 2.91. The van der Waals surface area contributed by atoms with Gasteiger partial charge in [0.2, 0.25) is 11.0 Å². The molecular formula is C13H18N6OS. The van der Waals surface area contributed by atoms with Crippen LogP contribution in [0.5, 0.6) is 0 Å². The minimum Gasteiger partial charge on any atom is -0.299 e. The maximum absolute atomic E-state index is 11.9. The highest BCUT2D eigenvalue weighted by Gasteiger charge is 2.23. The summed E-state index contributed by atoms with van der Waals surface area (Å²) in [4.78, 5) is 14.1. The van der Waals surface area contributed by atoms with Gasteiger partial charge in [-0.3, -0.25) is 19.7 Å². The van der Waals surface area contributed by atoms with Gasteiger partial charge in [-0.05, 0) is 37.4 Å². The van der Waals surface area contributed by atoms with Gasteiger partial charge in [0.05, 0.1) is 12.7 Å². The monoisotopic (exact) mass is 306 g/mol. The zero-order valence-corrected chi connectivity index (χ0v) is 12.7. The van der Waals surface area contributed by atoms with Gasteiger partial charge in [-0.1, -0.05) is 11.3 Å². The Labute approximate surface area is 127 Å². The van der Waals surface area contributed by atoms with E-state index in [0.717, 1.165) is 25.9 Å². The number of rotatable bonds is 4. The van der Waals surface area contributed by atoms with Gasteiger partial charge in [0.15, 0.2) is 0 Å². The molecule has 1 saturated heterocycles. The number of aryl methyl sites for hydroxylation is 1. The van der Waals surface area contributed by atoms with Crippen LogP contribution in [-0.2, 0) is 11.8 Å². The second kappa shape index (κ2) is 6.31. The molecule has 1 aliphatic rings. The van der Waals surface area contributed by atoms with Crippen molar-refractivity contribution in [1.82, 2.24) is 24.9 Å². The van der Waals surface area contributed by atoms with E-state index < -0.39 is 0 Å². The molecular weight excluding hydrogens is 288 g/mol. The van der Waals surface area contributed by atoms with E-state index in [9.17, 15) is 4.79 Å². The van der Waals surface area contributed by atoms with Gasteiger partial charge in [-0.15, -0.1) is 10.2 Å². The summed E-state index contributed by atoms with van der Waals surface area (Å²) in [6.45, 7) is 2.28. The van der Waals surface area contributed by atoms with Crippen LogP contribution in [0, 0.1) is 0 Å². The molecule has 2 aromatic heterocycles. The van der Waals surface area contributed by atoms with E-state index in [2.05, 4.69) is 31.7 Å². The van der Waals surface area contributed by atoms with Gasteiger partial charge in [0, 0.05) is 13.2 Å². The fourth-order valence-corrected chi connectivity index (χ4v) is 3.13. The zero-order valence-electron chi connectivity index (χ0n) is 11.9. The molecule has 0 bridgehead atoms. The number of hydrogen-bond acceptors (Lipinski definition) is 6. The highest BCUT2D eigenvalue weighted by Crippen LogP contribution is 2.27. The number of nitrogens with one attached hydrogen (secondary N) is 1. The number of hydrogen-bond donors (Lipinski definition) is 1. The third kappa shape index (κ3) is 3.64. The number of likely N-dealkylation sites (tertiary alicyclic amines) is 1. The van der Waals surface area contributed by atoms with E-state index in [0.29, 0.717) is 17.6 Å². The van der Waals surface area contributed by atoms with E-state index in [4.69, 9.17) is 0 Å². The fourth-order valence-electron chi connectivity index (χ4n) is 2.66. The Morgan fingerprint density at radius 1 is 1.48 bits per heavy atom. The van der Waals surface area contributed by atoms with E-state index in [1.165, 1.54) is 16.9 Å². The topological polar surface area (TPSA) is 75.9 Å². The maximum atomic E-state index is 11.9. The van der Waals surface area contributed by atoms with E-state index in [1.54, 1.807) is 5.51 Å². The average molecular weight is 306 g/mol. The Hall–Kier alpha value is -1.80. The number of carbonyl (C=O) groups is 1. The van der Waals surface area contributed by atoms with Crippen LogP contribution in [0.3, 0.4) is 0 Å². The molecule has 7 nitrogen and oxygen atoms in total. The lowest BCUT2D eigenvalue weighted by Crippen LogP contribution is -2.38. The van der Waals surface area contributed by atoms with Crippen LogP contribution in [0.25, 0.3) is 0 Å². The molecule has 8 heteroatoms. The predicted octanol–water partition coefficient (Wildman–Crippen LogP) is 1.09. The highest BCUT2D eigenvalue weighted by molar-refractivity contribution is 7.13. The number of aromatic nitrogens is 4. The Balaban J connectivity index is 1.46. The molecule has 1 fully saturated rings. The summed E-state index contributed by atoms with van der Waals surface area (Å²) in [6, 6.07) is 0. The molecule has 3 heterocycles. The van der Waals surface area contributed by atoms with Crippen molar-refractivity contribution in [1.29, 1.82) is 0 Å². The number of amides is 1. The Kier molecular flexibility index (Phi) is 4.26. The lowest BCUT2D eigenvalue weighted by molar-refractivity contribution is -0.117. The molecule has 0 unspecified atom stereocenters. The number of anilines is 1. The molecule has 2 aromatic rings. The molecule has 0 spiro atoms. The normalized spacial score (nSPS) is 17.0. The first-order valence-corrected chi connectivity index (χ1v) is 7.85. The van der Waals surface area contributed by atoms with Crippen LogP contribution in [0.4, 0.5) is 5.13 Å². The van der Waals surface area contributed by atoms with Crippen LogP contribution in [0.1, 0.15) is 24.3 Å². The standard InChI is InChI=1S/C13H18N6OS/c1-18-7-11(6-15-18)10-2-4-19(5-3-10)8-12(20)16-13-17-14-9-21-13/h6-7,9-10H,2-5,8H2,1H3,(H,16,17,20). The van der Waals surface area contributed by atoms with Gasteiger partial charge in [-0.2, -0.15) is 5.10 Å². The van der Waals surface area contributed by atoms with Crippen LogP contribution in [0.2, 0.25) is 0 Å². The van der Waals surface area contributed by atoms with Crippen LogP contribution < -0.4 is 5.32 Å². The number of nitrogens with zero attached hydrogens (tertiary/aromatic N) is 5. The largest absolute Gasteiger partial charge is 0.299 e. The van der Waals surface area contributed by atoms with Gasteiger partial charge in [0.25, 0.3) is 0 Å². The van der Waals surface area contributed by atoms with Gasteiger partial charge in [0.1, 0.15) is 5.51 Å². The molecule has 1 N–H and O–H groups in total. The van der Waals surface area contributed by atoms with Crippen molar-refractivity contribution in [2.75, 3.05) is 25.0 Å². The predicted molar refractivity (Wildman–Crippen MR) is 80.2 cm³/mol. The van der Waals surface area contributed by atoms with Crippen molar-refractivity contribution < 1.29 is 4.79 Å². The van der Waals surface area contributed by atoms with E-state index >= 15 is 0 Å². The minimum absolute atomic E-state index is 0.0217. The number of piperidine rings is 1. The molecule has 0 saturated carbocycles. The van der Waals surface area contributed by atoms with Crippen molar-refractivity contribution in [3.8, 4) is 0 Å². The summed E-state index contributed by atoms with van der Waals surface area (Å²) in [5, 5.41) is 15.1. The molecule has 1 amide bonds. The molecule has 0 atom stereocenters. The van der Waals surface area contributed by atoms with Gasteiger partial charge < -0.3 is 0 Å². The second-order valence-electron chi connectivity index (χ2n) is 5.29. The van der Waals surface area contributed by atoms with Crippen LogP contribution in [-0.4, -0.2) is 50.4 Å². The minimum atomic E-state index is -0.0217. The molecule has 112 valence electrons. The molecule has 0 aliphatic carbocycles. The average Bonchev–Trinajstić information content (AvgIpc) is 3.11. The third-order valence-electron chi connectivity index (χ3n) is 3.76. The Morgan fingerprint density at radius 2 is 2.29 bits per heavy atom. The first kappa shape index (κ1) is 14.2. The molecule has 21 heavy (non-hydrogen) atoms. The lowest BCUT2D eigenvalue weighted by Gasteiger charge is -2.30. The first-order valence-electron chi connectivity index (χ1n) is 6.97. The van der Waals surface area contributed by atoms with Crippen molar-refractivity contribution in [2.45, 2.75) is 18.8 Å². The second-order valence-corrected chi connectivity index (χ2v) is 6.12. The highest BCUT2D eigenvalue weighted by atomic mass is 32.1. The zero-order chi connectivity index (χ0) is 14.7. The molecule has 1 aliphatic heterocycles. The summed E-state index contributed by atoms with van der Waals surface area (Å²) >= 11 is 1.33. The Bertz CT molecular complexity index is 588. The number of carbonyl (C=O) groups excluding carboxylic acids is 1. The third-order valence-corrected chi connectivity index (χ3v) is 4.36. The lowest BCUT2D eigenvalue weighted by atomic mass is 9.91. The van der Waals surface area contributed by atoms with E-state index in [1.807, 2.05) is 17.9 Å². The smallest absolute Gasteiger partial charge is 0.240 e. The summed E-state index contributed by atoms with van der Waals surface area (Å²) in [6.07, 6.45) is 6.17. The van der Waals surface area contributed by atoms with Gasteiger partial charge >= 0.3 is 0 Å². The Morgan fingerprint density at radius 3 is 2.90 bits per heavy atom. The maximum Gasteiger partial charge on any atom is 0.240 e. The summed E-state index contributed by atoms with van der Waals surface area (Å²) in [5.74, 6) is 0.535. The van der Waals surface area contributed by atoms with Crippen molar-refractivity contribution >= 4 is 22.4 Å². The van der Waals surface area contributed by atoms with Crippen LogP contribution >= 0.6 is 11.3 Å². The van der Waals surface area contributed by atoms with Crippen molar-refractivity contribution in [3.63, 3.8) is 0 Å².